The lowest BCUT2D eigenvalue weighted by Gasteiger charge is -2.16. The van der Waals surface area contributed by atoms with Gasteiger partial charge in [-0.3, -0.25) is 0 Å². The average Bonchev–Trinajstić information content (AvgIpc) is 2.49. The fourth-order valence-corrected chi connectivity index (χ4v) is 2.63. The van der Waals surface area contributed by atoms with Crippen molar-refractivity contribution >= 4 is 32.4 Å². The zero-order valence-corrected chi connectivity index (χ0v) is 13.7. The first-order valence-electron chi connectivity index (χ1n) is 7.18. The van der Waals surface area contributed by atoms with Crippen molar-refractivity contribution in [3.8, 4) is 11.5 Å². The predicted molar refractivity (Wildman–Crippen MR) is 88.7 cm³/mol. The molecule has 0 atom stereocenters. The SMILES string of the molecule is Nc1cc2cc3c(cc2cc1Br)OCCOCCOCCO3. The molecule has 6 heteroatoms. The Morgan fingerprint density at radius 1 is 0.727 bits per heavy atom. The molecule has 1 heterocycles. The molecular formula is C16H18BrNO4. The van der Waals surface area contributed by atoms with E-state index in [1.54, 1.807) is 0 Å². The fraction of sp³-hybridized carbons (Fsp3) is 0.375. The summed E-state index contributed by atoms with van der Waals surface area (Å²) in [6.07, 6.45) is 0. The van der Waals surface area contributed by atoms with Crippen LogP contribution in [0.4, 0.5) is 5.69 Å². The first-order chi connectivity index (χ1) is 10.7. The van der Waals surface area contributed by atoms with E-state index >= 15 is 0 Å². The first-order valence-corrected chi connectivity index (χ1v) is 7.97. The lowest BCUT2D eigenvalue weighted by atomic mass is 10.1. The van der Waals surface area contributed by atoms with Gasteiger partial charge < -0.3 is 24.7 Å². The molecule has 0 saturated heterocycles. The summed E-state index contributed by atoms with van der Waals surface area (Å²) in [7, 11) is 0. The quantitative estimate of drug-likeness (QED) is 0.725. The van der Waals surface area contributed by atoms with E-state index in [9.17, 15) is 0 Å². The minimum atomic E-state index is 0.466. The van der Waals surface area contributed by atoms with Crippen molar-refractivity contribution in [1.29, 1.82) is 0 Å². The second-order valence-electron chi connectivity index (χ2n) is 4.94. The number of hydrogen-bond acceptors (Lipinski definition) is 5. The van der Waals surface area contributed by atoms with Gasteiger partial charge in [-0.2, -0.15) is 0 Å². The maximum Gasteiger partial charge on any atom is 0.161 e. The summed E-state index contributed by atoms with van der Waals surface area (Å²) >= 11 is 3.45. The summed E-state index contributed by atoms with van der Waals surface area (Å²) < 4.78 is 23.3. The van der Waals surface area contributed by atoms with Crippen molar-refractivity contribution in [2.45, 2.75) is 0 Å². The van der Waals surface area contributed by atoms with Crippen LogP contribution in [0.5, 0.6) is 11.5 Å². The molecule has 0 aliphatic carbocycles. The van der Waals surface area contributed by atoms with Gasteiger partial charge in [-0.15, -0.1) is 0 Å². The average molecular weight is 368 g/mol. The van der Waals surface area contributed by atoms with Gasteiger partial charge in [-0.25, -0.2) is 0 Å². The predicted octanol–water partition coefficient (Wildman–Crippen LogP) is 2.99. The third-order valence-electron chi connectivity index (χ3n) is 3.36. The minimum Gasteiger partial charge on any atom is -0.487 e. The van der Waals surface area contributed by atoms with Gasteiger partial charge in [0.15, 0.2) is 11.5 Å². The molecule has 5 nitrogen and oxygen atoms in total. The summed E-state index contributed by atoms with van der Waals surface area (Å²) in [5, 5.41) is 2.04. The van der Waals surface area contributed by atoms with Gasteiger partial charge in [0.05, 0.1) is 26.4 Å². The molecule has 2 aromatic rings. The number of nitrogen functional groups attached to an aromatic ring is 1. The van der Waals surface area contributed by atoms with Crippen molar-refractivity contribution in [3.05, 3.63) is 28.7 Å². The zero-order chi connectivity index (χ0) is 15.4. The Hall–Kier alpha value is -1.50. The summed E-state index contributed by atoms with van der Waals surface area (Å²) in [6, 6.07) is 7.80. The number of fused-ring (bicyclic) bond motifs is 2. The van der Waals surface area contributed by atoms with E-state index in [0.717, 1.165) is 15.2 Å². The smallest absolute Gasteiger partial charge is 0.161 e. The molecule has 2 N–H and O–H groups in total. The van der Waals surface area contributed by atoms with Crippen molar-refractivity contribution in [2.24, 2.45) is 0 Å². The van der Waals surface area contributed by atoms with Crippen LogP contribution in [0.1, 0.15) is 0 Å². The third-order valence-corrected chi connectivity index (χ3v) is 4.05. The molecule has 1 aliphatic rings. The van der Waals surface area contributed by atoms with Crippen LogP contribution >= 0.6 is 15.9 Å². The Bertz CT molecular complexity index is 606. The second kappa shape index (κ2) is 7.17. The summed E-state index contributed by atoms with van der Waals surface area (Å²) in [5.41, 5.74) is 6.64. The molecule has 22 heavy (non-hydrogen) atoms. The van der Waals surface area contributed by atoms with Gasteiger partial charge in [0, 0.05) is 10.2 Å². The lowest BCUT2D eigenvalue weighted by molar-refractivity contribution is 0.0224. The minimum absolute atomic E-state index is 0.466. The van der Waals surface area contributed by atoms with Crippen LogP contribution in [-0.2, 0) is 9.47 Å². The van der Waals surface area contributed by atoms with E-state index in [1.807, 2.05) is 24.3 Å². The van der Waals surface area contributed by atoms with E-state index in [-0.39, 0.29) is 0 Å². The Balaban J connectivity index is 1.94. The van der Waals surface area contributed by atoms with Crippen LogP contribution in [0.3, 0.4) is 0 Å². The topological polar surface area (TPSA) is 62.9 Å². The standard InChI is InChI=1S/C16H18BrNO4/c17-13-7-11-9-15-16(10-12(11)8-14(13)18)22-6-4-20-2-1-19-3-5-21-15/h7-10H,1-6,18H2. The zero-order valence-electron chi connectivity index (χ0n) is 12.1. The van der Waals surface area contributed by atoms with Crippen LogP contribution < -0.4 is 15.2 Å². The fourth-order valence-electron chi connectivity index (χ4n) is 2.27. The van der Waals surface area contributed by atoms with E-state index in [2.05, 4.69) is 15.9 Å². The van der Waals surface area contributed by atoms with Crippen LogP contribution in [0.25, 0.3) is 10.8 Å². The van der Waals surface area contributed by atoms with E-state index < -0.39 is 0 Å². The summed E-state index contributed by atoms with van der Waals surface area (Å²) in [5.74, 6) is 1.40. The van der Waals surface area contributed by atoms with Crippen LogP contribution in [0, 0.1) is 0 Å². The Morgan fingerprint density at radius 2 is 1.23 bits per heavy atom. The van der Waals surface area contributed by atoms with Gasteiger partial charge in [0.1, 0.15) is 13.2 Å². The number of halogens is 1. The molecule has 1 aliphatic heterocycles. The Kier molecular flexibility index (Phi) is 5.02. The van der Waals surface area contributed by atoms with Gasteiger partial charge in [0.25, 0.3) is 0 Å². The molecule has 3 rings (SSSR count). The highest BCUT2D eigenvalue weighted by molar-refractivity contribution is 9.10. The number of rotatable bonds is 0. The van der Waals surface area contributed by atoms with Crippen LogP contribution in [0.2, 0.25) is 0 Å². The van der Waals surface area contributed by atoms with Crippen molar-refractivity contribution in [3.63, 3.8) is 0 Å². The molecular weight excluding hydrogens is 350 g/mol. The molecule has 0 aromatic heterocycles. The van der Waals surface area contributed by atoms with E-state index in [1.165, 1.54) is 0 Å². The van der Waals surface area contributed by atoms with Gasteiger partial charge in [-0.05, 0) is 51.0 Å². The van der Waals surface area contributed by atoms with Crippen molar-refractivity contribution < 1.29 is 18.9 Å². The second-order valence-corrected chi connectivity index (χ2v) is 5.80. The van der Waals surface area contributed by atoms with Crippen molar-refractivity contribution in [2.75, 3.05) is 45.4 Å². The molecule has 118 valence electrons. The number of benzene rings is 2. The highest BCUT2D eigenvalue weighted by Gasteiger charge is 2.10. The highest BCUT2D eigenvalue weighted by atomic mass is 79.9. The first kappa shape index (κ1) is 15.4. The number of hydrogen-bond donors (Lipinski definition) is 1. The molecule has 2 aromatic carbocycles. The maximum atomic E-state index is 5.95. The third kappa shape index (κ3) is 3.63. The summed E-state index contributed by atoms with van der Waals surface area (Å²) in [6.45, 7) is 3.11. The number of ether oxygens (including phenoxy) is 4. The maximum absolute atomic E-state index is 5.95. The molecule has 0 fully saturated rings. The summed E-state index contributed by atoms with van der Waals surface area (Å²) in [4.78, 5) is 0. The molecule has 0 radical (unpaired) electrons. The largest absolute Gasteiger partial charge is 0.487 e. The molecule has 0 amide bonds. The van der Waals surface area contributed by atoms with Gasteiger partial charge >= 0.3 is 0 Å². The Labute approximate surface area is 137 Å². The number of anilines is 1. The normalized spacial score (nSPS) is 16.8. The van der Waals surface area contributed by atoms with E-state index in [4.69, 9.17) is 24.7 Å². The van der Waals surface area contributed by atoms with Gasteiger partial charge in [0.2, 0.25) is 0 Å². The van der Waals surface area contributed by atoms with E-state index in [0.29, 0.717) is 56.8 Å². The Morgan fingerprint density at radius 3 is 1.82 bits per heavy atom. The lowest BCUT2D eigenvalue weighted by Crippen LogP contribution is -2.15. The molecule has 0 unspecified atom stereocenters. The van der Waals surface area contributed by atoms with Crippen molar-refractivity contribution in [1.82, 2.24) is 0 Å². The molecule has 0 spiro atoms. The van der Waals surface area contributed by atoms with Crippen LogP contribution in [0.15, 0.2) is 28.7 Å². The highest BCUT2D eigenvalue weighted by Crippen LogP contribution is 2.35. The monoisotopic (exact) mass is 367 g/mol. The number of nitrogens with two attached hydrogens (primary N) is 1. The molecule has 0 bridgehead atoms. The van der Waals surface area contributed by atoms with Gasteiger partial charge in [-0.1, -0.05) is 0 Å². The molecule has 0 saturated carbocycles. The van der Waals surface area contributed by atoms with Crippen LogP contribution in [-0.4, -0.2) is 39.6 Å².